The minimum atomic E-state index is -0.424. The largest absolute Gasteiger partial charge is 0.495 e. The molecule has 0 unspecified atom stereocenters. The highest BCUT2D eigenvalue weighted by Crippen LogP contribution is 2.59. The topological polar surface area (TPSA) is 47.6 Å². The Balaban J connectivity index is 1.85. The van der Waals surface area contributed by atoms with Gasteiger partial charge in [-0.1, -0.05) is 51.5 Å². The molecule has 3 atom stereocenters. The van der Waals surface area contributed by atoms with E-state index >= 15 is 0 Å². The average Bonchev–Trinajstić information content (AvgIpc) is 2.78. The van der Waals surface area contributed by atoms with Gasteiger partial charge in [0.25, 0.3) is 0 Å². The standard InChI is InChI=1S/C28H37NO3/c1-18(2)19-12-14-21-20(25(19)29-22-10-7-8-11-23(22)31-5)13-15-24-27(21,3)16-9-17-28(24,4)26(30)32-6/h7-8,10-12,14,18,24,29H,9,13,15-17H2,1-6H3/t24-,27-,28-/m1/s1. The number of hydrogen-bond acceptors (Lipinski definition) is 4. The number of anilines is 2. The first-order chi connectivity index (χ1) is 15.3. The third-order valence-corrected chi connectivity index (χ3v) is 8.21. The van der Waals surface area contributed by atoms with Crippen molar-refractivity contribution in [2.75, 3.05) is 19.5 Å². The second kappa shape index (κ2) is 8.46. The van der Waals surface area contributed by atoms with Gasteiger partial charge < -0.3 is 14.8 Å². The molecule has 0 aliphatic heterocycles. The lowest BCUT2D eigenvalue weighted by Crippen LogP contribution is -2.52. The van der Waals surface area contributed by atoms with E-state index < -0.39 is 5.41 Å². The van der Waals surface area contributed by atoms with Gasteiger partial charge >= 0.3 is 5.97 Å². The van der Waals surface area contributed by atoms with E-state index in [1.807, 2.05) is 18.2 Å². The molecule has 0 aromatic heterocycles. The molecule has 32 heavy (non-hydrogen) atoms. The van der Waals surface area contributed by atoms with Crippen molar-refractivity contribution >= 4 is 17.3 Å². The summed E-state index contributed by atoms with van der Waals surface area (Å²) < 4.78 is 10.9. The van der Waals surface area contributed by atoms with Gasteiger partial charge in [0.05, 0.1) is 25.3 Å². The van der Waals surface area contributed by atoms with Gasteiger partial charge in [0, 0.05) is 5.69 Å². The number of carbonyl (C=O) groups excluding carboxylic acids is 1. The van der Waals surface area contributed by atoms with Gasteiger partial charge in [-0.25, -0.2) is 0 Å². The zero-order valence-electron chi connectivity index (χ0n) is 20.4. The first-order valence-corrected chi connectivity index (χ1v) is 11.9. The second-order valence-electron chi connectivity index (χ2n) is 10.3. The molecule has 4 heteroatoms. The van der Waals surface area contributed by atoms with Gasteiger partial charge in [-0.3, -0.25) is 4.79 Å². The SMILES string of the molecule is COC(=O)[C@]1(C)CCC[C@]2(C)c3ccc(C(C)C)c(Nc4ccccc4OC)c3CC[C@@H]12. The van der Waals surface area contributed by atoms with E-state index in [1.165, 1.54) is 29.5 Å². The molecule has 172 valence electrons. The van der Waals surface area contributed by atoms with Crippen molar-refractivity contribution in [1.82, 2.24) is 0 Å². The number of methoxy groups -OCH3 is 2. The molecule has 0 amide bonds. The molecule has 4 nitrogen and oxygen atoms in total. The Bertz CT molecular complexity index is 1010. The van der Waals surface area contributed by atoms with Gasteiger partial charge in [0.15, 0.2) is 0 Å². The molecule has 0 radical (unpaired) electrons. The molecule has 0 heterocycles. The lowest BCUT2D eigenvalue weighted by atomic mass is 9.49. The molecule has 1 fully saturated rings. The maximum atomic E-state index is 12.9. The molecule has 1 saturated carbocycles. The van der Waals surface area contributed by atoms with E-state index in [9.17, 15) is 4.79 Å². The van der Waals surface area contributed by atoms with Gasteiger partial charge in [0.1, 0.15) is 5.75 Å². The molecule has 0 saturated heterocycles. The number of ether oxygens (including phenoxy) is 2. The summed E-state index contributed by atoms with van der Waals surface area (Å²) in [5.74, 6) is 1.47. The summed E-state index contributed by atoms with van der Waals surface area (Å²) in [7, 11) is 3.24. The first-order valence-electron chi connectivity index (χ1n) is 11.9. The van der Waals surface area contributed by atoms with Crippen molar-refractivity contribution in [2.45, 2.75) is 71.1 Å². The van der Waals surface area contributed by atoms with E-state index in [1.54, 1.807) is 7.11 Å². The third-order valence-electron chi connectivity index (χ3n) is 8.21. The molecule has 2 aliphatic carbocycles. The highest BCUT2D eigenvalue weighted by atomic mass is 16.5. The molecular formula is C28H37NO3. The smallest absolute Gasteiger partial charge is 0.311 e. The number of para-hydroxylation sites is 2. The van der Waals surface area contributed by atoms with Gasteiger partial charge in [-0.15, -0.1) is 0 Å². The molecule has 2 aromatic rings. The fourth-order valence-electron chi connectivity index (χ4n) is 6.57. The Labute approximate surface area is 192 Å². The lowest BCUT2D eigenvalue weighted by Gasteiger charge is -2.54. The minimum absolute atomic E-state index is 0.0402. The van der Waals surface area contributed by atoms with Crippen molar-refractivity contribution in [1.29, 1.82) is 0 Å². The summed E-state index contributed by atoms with van der Waals surface area (Å²) in [5, 5.41) is 3.75. The van der Waals surface area contributed by atoms with Crippen molar-refractivity contribution in [3.05, 3.63) is 53.1 Å². The van der Waals surface area contributed by atoms with Gasteiger partial charge in [0.2, 0.25) is 0 Å². The zero-order valence-corrected chi connectivity index (χ0v) is 20.4. The number of nitrogens with one attached hydrogen (secondary N) is 1. The Kier molecular flexibility index (Phi) is 6.00. The fourth-order valence-corrected chi connectivity index (χ4v) is 6.57. The van der Waals surface area contributed by atoms with Gasteiger partial charge in [-0.05, 0) is 78.7 Å². The number of fused-ring (bicyclic) bond motifs is 3. The number of rotatable bonds is 5. The van der Waals surface area contributed by atoms with E-state index in [0.29, 0.717) is 5.92 Å². The Morgan fingerprint density at radius 3 is 2.53 bits per heavy atom. The molecule has 2 aromatic carbocycles. The lowest BCUT2D eigenvalue weighted by molar-refractivity contribution is -0.161. The highest BCUT2D eigenvalue weighted by Gasteiger charge is 2.56. The van der Waals surface area contributed by atoms with Crippen LogP contribution >= 0.6 is 0 Å². The second-order valence-corrected chi connectivity index (χ2v) is 10.3. The minimum Gasteiger partial charge on any atom is -0.495 e. The van der Waals surface area contributed by atoms with E-state index in [4.69, 9.17) is 9.47 Å². The summed E-state index contributed by atoms with van der Waals surface area (Å²) in [6, 6.07) is 12.7. The molecule has 1 N–H and O–H groups in total. The normalized spacial score (nSPS) is 26.8. The average molecular weight is 436 g/mol. The summed E-state index contributed by atoms with van der Waals surface area (Å²) >= 11 is 0. The zero-order chi connectivity index (χ0) is 23.1. The summed E-state index contributed by atoms with van der Waals surface area (Å²) in [4.78, 5) is 12.9. The molecular weight excluding hydrogens is 398 g/mol. The summed E-state index contributed by atoms with van der Waals surface area (Å²) in [5.41, 5.74) is 5.85. The van der Waals surface area contributed by atoms with Crippen LogP contribution in [0.5, 0.6) is 5.75 Å². The predicted octanol–water partition coefficient (Wildman–Crippen LogP) is 6.75. The maximum absolute atomic E-state index is 12.9. The van der Waals surface area contributed by atoms with Crippen LogP contribution in [0, 0.1) is 11.3 Å². The van der Waals surface area contributed by atoms with Crippen LogP contribution in [0.25, 0.3) is 0 Å². The predicted molar refractivity (Wildman–Crippen MR) is 130 cm³/mol. The van der Waals surface area contributed by atoms with E-state index in [2.05, 4.69) is 51.2 Å². The number of esters is 1. The molecule has 2 aliphatic rings. The molecule has 4 rings (SSSR count). The quantitative estimate of drug-likeness (QED) is 0.528. The van der Waals surface area contributed by atoms with Crippen LogP contribution in [-0.2, 0) is 21.4 Å². The van der Waals surface area contributed by atoms with Crippen LogP contribution in [0.2, 0.25) is 0 Å². The van der Waals surface area contributed by atoms with E-state index in [-0.39, 0.29) is 17.3 Å². The number of benzene rings is 2. The van der Waals surface area contributed by atoms with Crippen LogP contribution in [0.15, 0.2) is 36.4 Å². The van der Waals surface area contributed by atoms with Crippen molar-refractivity contribution in [2.24, 2.45) is 11.3 Å². The fraction of sp³-hybridized carbons (Fsp3) is 0.536. The first kappa shape index (κ1) is 22.7. The molecule has 0 spiro atoms. The van der Waals surface area contributed by atoms with Crippen LogP contribution in [0.4, 0.5) is 11.4 Å². The Hall–Kier alpha value is -2.49. The number of carbonyl (C=O) groups is 1. The summed E-state index contributed by atoms with van der Waals surface area (Å²) in [6.45, 7) is 9.00. The monoisotopic (exact) mass is 435 g/mol. The number of hydrogen-bond donors (Lipinski definition) is 1. The van der Waals surface area contributed by atoms with Gasteiger partial charge in [-0.2, -0.15) is 0 Å². The maximum Gasteiger partial charge on any atom is 0.311 e. The van der Waals surface area contributed by atoms with Crippen LogP contribution in [0.1, 0.15) is 76.0 Å². The van der Waals surface area contributed by atoms with E-state index in [0.717, 1.165) is 43.5 Å². The van der Waals surface area contributed by atoms with Crippen LogP contribution in [-0.4, -0.2) is 20.2 Å². The molecule has 0 bridgehead atoms. The van der Waals surface area contributed by atoms with Crippen molar-refractivity contribution in [3.8, 4) is 5.75 Å². The highest BCUT2D eigenvalue weighted by molar-refractivity contribution is 5.78. The van der Waals surface area contributed by atoms with Crippen molar-refractivity contribution in [3.63, 3.8) is 0 Å². The van der Waals surface area contributed by atoms with Crippen LogP contribution < -0.4 is 10.1 Å². The Morgan fingerprint density at radius 1 is 1.09 bits per heavy atom. The van der Waals surface area contributed by atoms with Crippen molar-refractivity contribution < 1.29 is 14.3 Å². The third kappa shape index (κ3) is 3.48. The summed E-state index contributed by atoms with van der Waals surface area (Å²) in [6.07, 6.45) is 5.01. The van der Waals surface area contributed by atoms with Crippen LogP contribution in [0.3, 0.4) is 0 Å². The Morgan fingerprint density at radius 2 is 1.84 bits per heavy atom.